The zero-order valence-corrected chi connectivity index (χ0v) is 16.4. The Morgan fingerprint density at radius 3 is 1.74 bits per heavy atom. The van der Waals surface area contributed by atoms with Crippen molar-refractivity contribution in [3.05, 3.63) is 12.2 Å². The second-order valence-corrected chi connectivity index (χ2v) is 4.73. The number of carboxylic acid groups (broad SMARTS) is 2. The van der Waals surface area contributed by atoms with E-state index in [-0.39, 0.29) is 64.9 Å². The summed E-state index contributed by atoms with van der Waals surface area (Å²) in [7, 11) is -2.00. The van der Waals surface area contributed by atoms with Crippen LogP contribution in [0, 0.1) is 0 Å². The molecule has 0 fully saturated rings. The van der Waals surface area contributed by atoms with Crippen molar-refractivity contribution < 1.29 is 91.5 Å². The van der Waals surface area contributed by atoms with E-state index >= 15 is 0 Å². The Labute approximate surface area is 157 Å². The number of carbonyl (C=O) groups is 2. The maximum Gasteiger partial charge on any atom is 1.00 e. The molecule has 0 saturated carbocycles. The molecular formula is C9H14Na2O7S. The van der Waals surface area contributed by atoms with E-state index in [9.17, 15) is 28.2 Å². The molecule has 0 amide bonds. The van der Waals surface area contributed by atoms with E-state index in [0.717, 1.165) is 0 Å². The summed E-state index contributed by atoms with van der Waals surface area (Å²) < 4.78 is 24.9. The van der Waals surface area contributed by atoms with Crippen LogP contribution in [0.3, 0.4) is 0 Å². The summed E-state index contributed by atoms with van der Waals surface area (Å²) in [6.07, 6.45) is -0.0709. The fraction of sp³-hybridized carbons (Fsp3) is 0.556. The van der Waals surface area contributed by atoms with Gasteiger partial charge in [-0.25, -0.2) is 0 Å². The van der Waals surface area contributed by atoms with Gasteiger partial charge in [-0.2, -0.15) is 8.42 Å². The molecule has 0 saturated heterocycles. The molecule has 100 valence electrons. The van der Waals surface area contributed by atoms with Crippen LogP contribution in [-0.2, 0) is 23.9 Å². The van der Waals surface area contributed by atoms with Gasteiger partial charge in [0.1, 0.15) is 0 Å². The van der Waals surface area contributed by atoms with Gasteiger partial charge in [0.05, 0.1) is 18.8 Å². The van der Waals surface area contributed by atoms with Gasteiger partial charge in [0.2, 0.25) is 0 Å². The maximum atomic E-state index is 10.4. The maximum absolute atomic E-state index is 10.4. The monoisotopic (exact) mass is 312 g/mol. The van der Waals surface area contributed by atoms with Gasteiger partial charge in [-0.05, 0) is 12.0 Å². The van der Waals surface area contributed by atoms with Crippen molar-refractivity contribution in [1.29, 1.82) is 0 Å². The van der Waals surface area contributed by atoms with Crippen molar-refractivity contribution in [2.24, 2.45) is 0 Å². The van der Waals surface area contributed by atoms with Crippen molar-refractivity contribution >= 4 is 22.1 Å². The fourth-order valence-electron chi connectivity index (χ4n) is 0.580. The van der Waals surface area contributed by atoms with Crippen molar-refractivity contribution in [3.63, 3.8) is 0 Å². The Morgan fingerprint density at radius 2 is 1.63 bits per heavy atom. The van der Waals surface area contributed by atoms with Crippen molar-refractivity contribution in [3.8, 4) is 0 Å². The molecule has 0 N–H and O–H groups in total. The predicted octanol–water partition coefficient (Wildman–Crippen LogP) is -8.19. The number of rotatable bonds is 6. The average molecular weight is 312 g/mol. The average Bonchev–Trinajstić information content (AvgIpc) is 2.17. The van der Waals surface area contributed by atoms with Gasteiger partial charge in [0.25, 0.3) is 10.1 Å². The summed E-state index contributed by atoms with van der Waals surface area (Å²) in [5, 5.41) is 19.4. The second-order valence-electron chi connectivity index (χ2n) is 2.87. The van der Waals surface area contributed by atoms with Crippen LogP contribution < -0.4 is 69.3 Å². The minimum Gasteiger partial charge on any atom is -0.550 e. The molecule has 7 nitrogen and oxygen atoms in total. The van der Waals surface area contributed by atoms with Gasteiger partial charge in [-0.3, -0.25) is 4.18 Å². The van der Waals surface area contributed by atoms with Crippen LogP contribution in [0.15, 0.2) is 12.2 Å². The van der Waals surface area contributed by atoms with E-state index in [0.29, 0.717) is 6.42 Å². The predicted molar refractivity (Wildman–Crippen MR) is 54.9 cm³/mol. The van der Waals surface area contributed by atoms with Crippen LogP contribution in [0.4, 0.5) is 0 Å². The molecule has 0 aromatic rings. The first-order valence-electron chi connectivity index (χ1n) is 4.53. The molecule has 0 bridgehead atoms. The first kappa shape index (κ1) is 27.9. The summed E-state index contributed by atoms with van der Waals surface area (Å²) in [5.41, 5.74) is -0.477. The van der Waals surface area contributed by atoms with E-state index in [1.807, 2.05) is 0 Å². The van der Waals surface area contributed by atoms with Crippen LogP contribution in [0.5, 0.6) is 0 Å². The summed E-state index contributed by atoms with van der Waals surface area (Å²) in [6, 6.07) is 0. The molecule has 0 aromatic carbocycles. The first-order chi connectivity index (χ1) is 7.66. The van der Waals surface area contributed by atoms with Crippen LogP contribution in [-0.4, -0.2) is 33.2 Å². The summed E-state index contributed by atoms with van der Waals surface area (Å²) in [5.74, 6) is -2.91. The SMILES string of the molecule is C=C(CC(=O)[O-])C(=O)[O-].CCCS(=O)(=O)OC.[Na+].[Na+]. The van der Waals surface area contributed by atoms with Crippen molar-refractivity contribution in [1.82, 2.24) is 0 Å². The Hall–Kier alpha value is 0.590. The third-order valence-electron chi connectivity index (χ3n) is 1.35. The third-order valence-corrected chi connectivity index (χ3v) is 2.77. The minimum absolute atomic E-state index is 0. The second kappa shape index (κ2) is 15.0. The molecule has 19 heavy (non-hydrogen) atoms. The van der Waals surface area contributed by atoms with Gasteiger partial charge in [-0.15, -0.1) is 0 Å². The van der Waals surface area contributed by atoms with Crippen molar-refractivity contribution in [2.45, 2.75) is 19.8 Å². The largest absolute Gasteiger partial charge is 1.00 e. The van der Waals surface area contributed by atoms with E-state index < -0.39 is 34.1 Å². The molecule has 0 heterocycles. The molecule has 0 atom stereocenters. The standard InChI is InChI=1S/C5H6O4.C4H10O3S.2Na/c1-3(5(8)9)2-4(6)7;1-3-4-8(5,6)7-2;;/h1-2H2,(H,6,7)(H,8,9);3-4H2,1-2H3;;/q;;2*+1/p-2. The fourth-order valence-corrected chi connectivity index (χ4v) is 1.25. The van der Waals surface area contributed by atoms with E-state index in [2.05, 4.69) is 10.8 Å². The van der Waals surface area contributed by atoms with Crippen molar-refractivity contribution in [2.75, 3.05) is 12.9 Å². The Kier molecular flexibility index (Phi) is 22.0. The molecule has 0 spiro atoms. The number of aliphatic carboxylic acids is 2. The molecule has 0 rings (SSSR count). The van der Waals surface area contributed by atoms with E-state index in [1.54, 1.807) is 6.92 Å². The van der Waals surface area contributed by atoms with Gasteiger partial charge in [0, 0.05) is 12.4 Å². The van der Waals surface area contributed by atoms with Gasteiger partial charge < -0.3 is 19.8 Å². The van der Waals surface area contributed by atoms with Crippen LogP contribution in [0.1, 0.15) is 19.8 Å². The van der Waals surface area contributed by atoms with E-state index in [4.69, 9.17) is 0 Å². The minimum atomic E-state index is -3.17. The van der Waals surface area contributed by atoms with Gasteiger partial charge in [0.15, 0.2) is 0 Å². The van der Waals surface area contributed by atoms with Gasteiger partial charge >= 0.3 is 59.1 Å². The molecule has 0 unspecified atom stereocenters. The van der Waals surface area contributed by atoms with Gasteiger partial charge in [-0.1, -0.05) is 13.5 Å². The van der Waals surface area contributed by atoms with E-state index in [1.165, 1.54) is 7.11 Å². The normalized spacial score (nSPS) is 8.95. The summed E-state index contributed by atoms with van der Waals surface area (Å²) in [4.78, 5) is 19.4. The first-order valence-corrected chi connectivity index (χ1v) is 6.11. The quantitative estimate of drug-likeness (QED) is 0.271. The topological polar surface area (TPSA) is 124 Å². The molecule has 0 radical (unpaired) electrons. The number of carbonyl (C=O) groups excluding carboxylic acids is 2. The number of hydrogen-bond acceptors (Lipinski definition) is 7. The number of carboxylic acids is 2. The summed E-state index contributed by atoms with van der Waals surface area (Å²) in [6.45, 7) is 4.70. The summed E-state index contributed by atoms with van der Waals surface area (Å²) >= 11 is 0. The number of hydrogen-bond donors (Lipinski definition) is 0. The molecular weight excluding hydrogens is 298 g/mol. The Bertz CT molecular complexity index is 378. The smallest absolute Gasteiger partial charge is 0.550 e. The van der Waals surface area contributed by atoms with Crippen LogP contribution in [0.25, 0.3) is 0 Å². The molecule has 10 heteroatoms. The van der Waals surface area contributed by atoms with Crippen LogP contribution >= 0.6 is 0 Å². The zero-order chi connectivity index (χ0) is 14.1. The third kappa shape index (κ3) is 21.1. The molecule has 0 aromatic heterocycles. The Morgan fingerprint density at radius 1 is 1.21 bits per heavy atom. The molecule has 0 aliphatic heterocycles. The molecule has 0 aliphatic rings. The Balaban J connectivity index is -0.000000108. The molecule has 0 aliphatic carbocycles. The van der Waals surface area contributed by atoms with Crippen LogP contribution in [0.2, 0.25) is 0 Å². The zero-order valence-electron chi connectivity index (χ0n) is 11.6.